The van der Waals surface area contributed by atoms with Crippen LogP contribution in [-0.4, -0.2) is 23.0 Å². The Hall–Kier alpha value is -4.55. The first-order valence-corrected chi connectivity index (χ1v) is 12.6. The summed E-state index contributed by atoms with van der Waals surface area (Å²) in [5.41, 5.74) is 1.20. The summed E-state index contributed by atoms with van der Waals surface area (Å²) in [4.78, 5) is 16.3. The van der Waals surface area contributed by atoms with E-state index in [4.69, 9.17) is 4.74 Å². The van der Waals surface area contributed by atoms with E-state index >= 15 is 0 Å². The summed E-state index contributed by atoms with van der Waals surface area (Å²) in [6.07, 6.45) is -1.74. The molecule has 0 atom stereocenters. The highest BCUT2D eigenvalue weighted by Crippen LogP contribution is 2.38. The minimum Gasteiger partial charge on any atom is -0.508 e. The van der Waals surface area contributed by atoms with Gasteiger partial charge in [-0.3, -0.25) is 4.79 Å². The Bertz CT molecular complexity index is 1580. The quantitative estimate of drug-likeness (QED) is 0.140. The second-order valence-corrected chi connectivity index (χ2v) is 9.28. The third-order valence-corrected chi connectivity index (χ3v) is 6.72. The van der Waals surface area contributed by atoms with E-state index in [9.17, 15) is 28.3 Å². The normalized spacial score (nSPS) is 11.4. The van der Waals surface area contributed by atoms with Crippen LogP contribution in [0.2, 0.25) is 0 Å². The number of halogens is 3. The number of aromatic hydroxyl groups is 1. The largest absolute Gasteiger partial charge is 0.508 e. The number of rotatable bonds is 8. The summed E-state index contributed by atoms with van der Waals surface area (Å²) in [7, 11) is 1.47. The molecular formula is C30H21F3N2O3S. The van der Waals surface area contributed by atoms with E-state index < -0.39 is 11.9 Å². The van der Waals surface area contributed by atoms with Gasteiger partial charge in [-0.05, 0) is 47.5 Å². The minimum atomic E-state index is -4.70. The average Bonchev–Trinajstić information content (AvgIpc) is 2.94. The van der Waals surface area contributed by atoms with Crippen LogP contribution in [0.3, 0.4) is 0 Å². The molecule has 0 aliphatic carbocycles. The standard InChI is InChI=1S/C30H21F3N2O3S/c1-38-27-13-11-19(10-12-26(37)21-8-5-9-23(36)15-21)14-22(27)18-39-29-25(17-34)24(20-6-3-2-4-7-20)16-28(35-29)30(31,32)33/h2-16,36H,18H2,1H3/b12-10+. The second kappa shape index (κ2) is 11.9. The summed E-state index contributed by atoms with van der Waals surface area (Å²) >= 11 is 0.993. The molecule has 0 saturated carbocycles. The zero-order valence-electron chi connectivity index (χ0n) is 20.6. The van der Waals surface area contributed by atoms with Gasteiger partial charge in [0, 0.05) is 22.4 Å². The van der Waals surface area contributed by atoms with Crippen LogP contribution in [0.25, 0.3) is 17.2 Å². The number of hydrogen-bond acceptors (Lipinski definition) is 6. The fourth-order valence-electron chi connectivity index (χ4n) is 3.81. The molecule has 0 bridgehead atoms. The maximum Gasteiger partial charge on any atom is 0.433 e. The number of methoxy groups -OCH3 is 1. The molecule has 0 aliphatic rings. The van der Waals surface area contributed by atoms with E-state index in [2.05, 4.69) is 4.98 Å². The number of thioether (sulfide) groups is 1. The number of pyridine rings is 1. The maximum atomic E-state index is 13.7. The number of allylic oxidation sites excluding steroid dienone is 1. The van der Waals surface area contributed by atoms with Gasteiger partial charge in [0.1, 0.15) is 28.3 Å². The molecule has 1 heterocycles. The molecule has 3 aromatic carbocycles. The van der Waals surface area contributed by atoms with Crippen LogP contribution in [0.4, 0.5) is 13.2 Å². The summed E-state index contributed by atoms with van der Waals surface area (Å²) in [5, 5.41) is 19.4. The van der Waals surface area contributed by atoms with Crippen molar-refractivity contribution in [3.63, 3.8) is 0 Å². The number of benzene rings is 3. The highest BCUT2D eigenvalue weighted by molar-refractivity contribution is 7.98. The number of nitriles is 1. The average molecular weight is 547 g/mol. The van der Waals surface area contributed by atoms with Crippen molar-refractivity contribution < 1.29 is 27.8 Å². The van der Waals surface area contributed by atoms with Crippen molar-refractivity contribution >= 4 is 23.6 Å². The summed E-state index contributed by atoms with van der Waals surface area (Å²) in [5.74, 6) is 0.321. The number of aromatic nitrogens is 1. The fraction of sp³-hybridized carbons (Fsp3) is 0.100. The summed E-state index contributed by atoms with van der Waals surface area (Å²) in [6.45, 7) is 0. The van der Waals surface area contributed by atoms with Crippen molar-refractivity contribution in [1.82, 2.24) is 4.98 Å². The van der Waals surface area contributed by atoms with Gasteiger partial charge in [0.2, 0.25) is 0 Å². The molecule has 0 aliphatic heterocycles. The first-order chi connectivity index (χ1) is 18.7. The van der Waals surface area contributed by atoms with Crippen molar-refractivity contribution in [3.8, 4) is 28.7 Å². The Labute approximate surface area is 227 Å². The Morgan fingerprint density at radius 3 is 2.51 bits per heavy atom. The number of alkyl halides is 3. The van der Waals surface area contributed by atoms with Crippen LogP contribution in [-0.2, 0) is 11.9 Å². The zero-order chi connectivity index (χ0) is 28.0. The van der Waals surface area contributed by atoms with Crippen LogP contribution in [0, 0.1) is 11.3 Å². The molecule has 0 fully saturated rings. The van der Waals surface area contributed by atoms with E-state index in [1.807, 2.05) is 6.07 Å². The molecule has 0 amide bonds. The third kappa shape index (κ3) is 6.67. The van der Waals surface area contributed by atoms with E-state index in [1.165, 1.54) is 25.3 Å². The molecule has 4 rings (SSSR count). The van der Waals surface area contributed by atoms with Crippen LogP contribution >= 0.6 is 11.8 Å². The number of ether oxygens (including phenoxy) is 1. The molecule has 0 saturated heterocycles. The highest BCUT2D eigenvalue weighted by Gasteiger charge is 2.34. The van der Waals surface area contributed by atoms with Gasteiger partial charge in [0.15, 0.2) is 5.78 Å². The third-order valence-electron chi connectivity index (χ3n) is 5.70. The Kier molecular flexibility index (Phi) is 8.37. The van der Waals surface area contributed by atoms with Crippen LogP contribution in [0.5, 0.6) is 11.5 Å². The van der Waals surface area contributed by atoms with Gasteiger partial charge in [-0.2, -0.15) is 18.4 Å². The topological polar surface area (TPSA) is 83.2 Å². The predicted molar refractivity (Wildman–Crippen MR) is 143 cm³/mol. The molecule has 1 N–H and O–H groups in total. The summed E-state index contributed by atoms with van der Waals surface area (Å²) < 4.78 is 46.5. The minimum absolute atomic E-state index is 0.0200. The number of nitrogens with zero attached hydrogens (tertiary/aromatic N) is 2. The molecule has 0 unspecified atom stereocenters. The lowest BCUT2D eigenvalue weighted by molar-refractivity contribution is -0.141. The lowest BCUT2D eigenvalue weighted by atomic mass is 10.0. The number of phenols is 1. The molecule has 9 heteroatoms. The van der Waals surface area contributed by atoms with Crippen LogP contribution in [0.1, 0.15) is 32.7 Å². The van der Waals surface area contributed by atoms with E-state index in [1.54, 1.807) is 66.7 Å². The number of carbonyl (C=O) groups excluding carboxylic acids is 1. The maximum absolute atomic E-state index is 13.7. The summed E-state index contributed by atoms with van der Waals surface area (Å²) in [6, 6.07) is 22.5. The first-order valence-electron chi connectivity index (χ1n) is 11.6. The van der Waals surface area contributed by atoms with Crippen molar-refractivity contribution in [3.05, 3.63) is 113 Å². The van der Waals surface area contributed by atoms with Crippen LogP contribution in [0.15, 0.2) is 90.0 Å². The number of phenolic OH excluding ortho intramolecular Hbond substituents is 1. The molecule has 4 aromatic rings. The van der Waals surface area contributed by atoms with Gasteiger partial charge in [-0.1, -0.05) is 54.6 Å². The first kappa shape index (κ1) is 27.5. The molecule has 5 nitrogen and oxygen atoms in total. The SMILES string of the molecule is COc1ccc(/C=C/C(=O)c2cccc(O)c2)cc1CSc1nc(C(F)(F)F)cc(-c2ccccc2)c1C#N. The van der Waals surface area contributed by atoms with Gasteiger partial charge in [-0.25, -0.2) is 4.98 Å². The Balaban J connectivity index is 1.65. The van der Waals surface area contributed by atoms with Crippen molar-refractivity contribution in [1.29, 1.82) is 5.26 Å². The monoisotopic (exact) mass is 546 g/mol. The Morgan fingerprint density at radius 2 is 1.85 bits per heavy atom. The van der Waals surface area contributed by atoms with E-state index in [0.29, 0.717) is 28.0 Å². The lowest BCUT2D eigenvalue weighted by Crippen LogP contribution is -2.10. The number of ketones is 1. The van der Waals surface area contributed by atoms with Crippen molar-refractivity contribution in [2.45, 2.75) is 17.0 Å². The van der Waals surface area contributed by atoms with Crippen LogP contribution < -0.4 is 4.74 Å². The number of hydrogen-bond donors (Lipinski definition) is 1. The lowest BCUT2D eigenvalue weighted by Gasteiger charge is -2.15. The molecule has 39 heavy (non-hydrogen) atoms. The van der Waals surface area contributed by atoms with E-state index in [0.717, 1.165) is 17.8 Å². The molecule has 0 radical (unpaired) electrons. The molecular weight excluding hydrogens is 525 g/mol. The second-order valence-electron chi connectivity index (χ2n) is 8.32. The van der Waals surface area contributed by atoms with Gasteiger partial charge in [0.05, 0.1) is 12.7 Å². The van der Waals surface area contributed by atoms with Gasteiger partial charge in [-0.15, -0.1) is 11.8 Å². The van der Waals surface area contributed by atoms with Gasteiger partial charge >= 0.3 is 6.18 Å². The number of carbonyl (C=O) groups is 1. The molecule has 196 valence electrons. The molecule has 1 aromatic heterocycles. The van der Waals surface area contributed by atoms with Crippen molar-refractivity contribution in [2.75, 3.05) is 7.11 Å². The fourth-order valence-corrected chi connectivity index (χ4v) is 4.79. The Morgan fingerprint density at radius 1 is 1.08 bits per heavy atom. The zero-order valence-corrected chi connectivity index (χ0v) is 21.4. The predicted octanol–water partition coefficient (Wildman–Crippen LogP) is 7.54. The van der Waals surface area contributed by atoms with E-state index in [-0.39, 0.29) is 33.4 Å². The smallest absolute Gasteiger partial charge is 0.433 e. The van der Waals surface area contributed by atoms with Crippen molar-refractivity contribution in [2.24, 2.45) is 0 Å². The molecule has 0 spiro atoms. The van der Waals surface area contributed by atoms with Gasteiger partial charge < -0.3 is 9.84 Å². The van der Waals surface area contributed by atoms with Gasteiger partial charge in [0.25, 0.3) is 0 Å². The highest BCUT2D eigenvalue weighted by atomic mass is 32.2.